The first-order chi connectivity index (χ1) is 10.9. The first-order valence-electron chi connectivity index (χ1n) is 6.78. The van der Waals surface area contributed by atoms with E-state index in [2.05, 4.69) is 0 Å². The van der Waals surface area contributed by atoms with Crippen LogP contribution in [0.5, 0.6) is 0 Å². The van der Waals surface area contributed by atoms with Crippen LogP contribution in [0, 0.1) is 0 Å². The van der Waals surface area contributed by atoms with Gasteiger partial charge in [-0.15, -0.1) is 0 Å². The second kappa shape index (κ2) is 5.46. The van der Waals surface area contributed by atoms with Crippen LogP contribution in [0.15, 0.2) is 54.7 Å². The number of ether oxygens (including phenoxy) is 1. The van der Waals surface area contributed by atoms with Crippen LogP contribution in [-0.2, 0) is 10.9 Å². The topological polar surface area (TPSA) is 31.2 Å². The fourth-order valence-corrected chi connectivity index (χ4v) is 2.48. The molecule has 3 nitrogen and oxygen atoms in total. The van der Waals surface area contributed by atoms with E-state index in [-0.39, 0.29) is 0 Å². The zero-order valence-electron chi connectivity index (χ0n) is 12.1. The van der Waals surface area contributed by atoms with Gasteiger partial charge in [-0.05, 0) is 30.3 Å². The lowest BCUT2D eigenvalue weighted by molar-refractivity contribution is -0.137. The van der Waals surface area contributed by atoms with Crippen LogP contribution in [0.2, 0.25) is 0 Å². The summed E-state index contributed by atoms with van der Waals surface area (Å²) in [5.41, 5.74) is 0.894. The molecule has 0 saturated carbocycles. The lowest BCUT2D eigenvalue weighted by Gasteiger charge is -2.09. The average Bonchev–Trinajstić information content (AvgIpc) is 2.93. The van der Waals surface area contributed by atoms with Crippen molar-refractivity contribution in [3.63, 3.8) is 0 Å². The van der Waals surface area contributed by atoms with E-state index in [1.165, 1.54) is 19.2 Å². The Morgan fingerprint density at radius 3 is 2.30 bits per heavy atom. The summed E-state index contributed by atoms with van der Waals surface area (Å²) in [6, 6.07) is 11.9. The number of alkyl halides is 3. The standard InChI is InChI=1S/C17H12F3NO2/c1-23-16(22)14-10-21(15-5-3-2-4-13(14)15)12-8-6-11(7-9-12)17(18,19)20/h2-10H,1H3. The van der Waals surface area contributed by atoms with Gasteiger partial charge in [0.1, 0.15) is 0 Å². The van der Waals surface area contributed by atoms with Gasteiger partial charge in [0.05, 0.1) is 23.8 Å². The highest BCUT2D eigenvalue weighted by molar-refractivity contribution is 6.04. The number of carbonyl (C=O) groups excluding carboxylic acids is 1. The molecule has 23 heavy (non-hydrogen) atoms. The maximum Gasteiger partial charge on any atom is 0.416 e. The van der Waals surface area contributed by atoms with E-state index < -0.39 is 17.7 Å². The Bertz CT molecular complexity index is 864. The number of hydrogen-bond donors (Lipinski definition) is 0. The molecule has 3 rings (SSSR count). The zero-order valence-corrected chi connectivity index (χ0v) is 12.1. The normalized spacial score (nSPS) is 11.7. The van der Waals surface area contributed by atoms with Gasteiger partial charge in [-0.2, -0.15) is 13.2 Å². The highest BCUT2D eigenvalue weighted by Crippen LogP contribution is 2.31. The number of aromatic nitrogens is 1. The minimum absolute atomic E-state index is 0.364. The van der Waals surface area contributed by atoms with E-state index in [9.17, 15) is 18.0 Å². The molecule has 0 aliphatic heterocycles. The maximum atomic E-state index is 12.7. The molecule has 3 aromatic rings. The van der Waals surface area contributed by atoms with Crippen LogP contribution < -0.4 is 0 Å². The summed E-state index contributed by atoms with van der Waals surface area (Å²) in [5.74, 6) is -0.494. The molecular formula is C17H12F3NO2. The van der Waals surface area contributed by atoms with Crippen LogP contribution in [0.4, 0.5) is 13.2 Å². The summed E-state index contributed by atoms with van der Waals surface area (Å²) in [7, 11) is 1.28. The Balaban J connectivity index is 2.15. The molecule has 1 heterocycles. The molecule has 0 fully saturated rings. The molecule has 118 valence electrons. The molecule has 0 unspecified atom stereocenters. The molecule has 0 radical (unpaired) electrons. The highest BCUT2D eigenvalue weighted by Gasteiger charge is 2.30. The monoisotopic (exact) mass is 319 g/mol. The number of rotatable bonds is 2. The first-order valence-corrected chi connectivity index (χ1v) is 6.78. The van der Waals surface area contributed by atoms with Crippen LogP contribution in [-0.4, -0.2) is 17.6 Å². The summed E-state index contributed by atoms with van der Waals surface area (Å²) in [4.78, 5) is 11.9. The number of para-hydroxylation sites is 1. The minimum Gasteiger partial charge on any atom is -0.465 e. The number of halogens is 3. The molecule has 0 saturated heterocycles. The molecule has 0 amide bonds. The van der Waals surface area contributed by atoms with E-state index in [1.807, 2.05) is 0 Å². The van der Waals surface area contributed by atoms with Gasteiger partial charge in [-0.3, -0.25) is 0 Å². The molecular weight excluding hydrogens is 307 g/mol. The van der Waals surface area contributed by atoms with Crippen molar-refractivity contribution in [3.8, 4) is 5.69 Å². The van der Waals surface area contributed by atoms with Gasteiger partial charge < -0.3 is 9.30 Å². The predicted octanol–water partition coefficient (Wildman–Crippen LogP) is 4.44. The SMILES string of the molecule is COC(=O)c1cn(-c2ccc(C(F)(F)F)cc2)c2ccccc12. The lowest BCUT2D eigenvalue weighted by Crippen LogP contribution is -2.05. The van der Waals surface area contributed by atoms with E-state index >= 15 is 0 Å². The second-order valence-corrected chi connectivity index (χ2v) is 4.97. The largest absolute Gasteiger partial charge is 0.465 e. The maximum absolute atomic E-state index is 12.7. The van der Waals surface area contributed by atoms with E-state index in [4.69, 9.17) is 4.74 Å². The quantitative estimate of drug-likeness (QED) is 0.654. The lowest BCUT2D eigenvalue weighted by atomic mass is 10.2. The van der Waals surface area contributed by atoms with E-state index in [0.717, 1.165) is 12.1 Å². The molecule has 0 bridgehead atoms. The number of nitrogens with zero attached hydrogens (tertiary/aromatic N) is 1. The fourth-order valence-electron chi connectivity index (χ4n) is 2.48. The van der Waals surface area contributed by atoms with Crippen molar-refractivity contribution in [2.24, 2.45) is 0 Å². The van der Waals surface area contributed by atoms with Crippen molar-refractivity contribution < 1.29 is 22.7 Å². The summed E-state index contributed by atoms with van der Waals surface area (Å²) < 4.78 is 44.4. The van der Waals surface area contributed by atoms with Crippen molar-refractivity contribution in [3.05, 3.63) is 65.9 Å². The van der Waals surface area contributed by atoms with E-state index in [1.54, 1.807) is 35.0 Å². The molecule has 1 aromatic heterocycles. The van der Waals surface area contributed by atoms with Gasteiger partial charge in [0, 0.05) is 17.3 Å². The molecule has 0 N–H and O–H groups in total. The summed E-state index contributed by atoms with van der Waals surface area (Å²) in [6.45, 7) is 0. The molecule has 0 atom stereocenters. The van der Waals surface area contributed by atoms with Crippen molar-refractivity contribution in [2.75, 3.05) is 7.11 Å². The molecule has 6 heteroatoms. The molecule has 2 aromatic carbocycles. The smallest absolute Gasteiger partial charge is 0.416 e. The molecule has 0 aliphatic rings. The Labute approximate surface area is 129 Å². The van der Waals surface area contributed by atoms with Crippen LogP contribution in [0.3, 0.4) is 0 Å². The minimum atomic E-state index is -4.38. The number of fused-ring (bicyclic) bond motifs is 1. The Morgan fingerprint density at radius 1 is 1.04 bits per heavy atom. The zero-order chi connectivity index (χ0) is 16.6. The number of methoxy groups -OCH3 is 1. The van der Waals surface area contributed by atoms with Gasteiger partial charge in [-0.1, -0.05) is 18.2 Å². The van der Waals surface area contributed by atoms with Gasteiger partial charge >= 0.3 is 12.1 Å². The molecule has 0 aliphatic carbocycles. The number of benzene rings is 2. The number of hydrogen-bond acceptors (Lipinski definition) is 2. The third kappa shape index (κ3) is 2.67. The highest BCUT2D eigenvalue weighted by atomic mass is 19.4. The summed E-state index contributed by atoms with van der Waals surface area (Å²) >= 11 is 0. The van der Waals surface area contributed by atoms with Gasteiger partial charge in [0.2, 0.25) is 0 Å². The van der Waals surface area contributed by atoms with Gasteiger partial charge in [-0.25, -0.2) is 4.79 Å². The van der Waals surface area contributed by atoms with Gasteiger partial charge in [0.25, 0.3) is 0 Å². The Morgan fingerprint density at radius 2 is 1.70 bits per heavy atom. The van der Waals surface area contributed by atoms with Crippen LogP contribution >= 0.6 is 0 Å². The second-order valence-electron chi connectivity index (χ2n) is 4.97. The summed E-state index contributed by atoms with van der Waals surface area (Å²) in [6.07, 6.45) is -2.81. The first kappa shape index (κ1) is 15.1. The Hall–Kier alpha value is -2.76. The van der Waals surface area contributed by atoms with Crippen molar-refractivity contribution >= 4 is 16.9 Å². The summed E-state index contributed by atoms with van der Waals surface area (Å²) in [5, 5.41) is 0.680. The predicted molar refractivity (Wildman–Crippen MR) is 79.6 cm³/mol. The molecule has 0 spiro atoms. The third-order valence-corrected chi connectivity index (χ3v) is 3.59. The third-order valence-electron chi connectivity index (χ3n) is 3.59. The van der Waals surface area contributed by atoms with Crippen molar-refractivity contribution in [1.29, 1.82) is 0 Å². The van der Waals surface area contributed by atoms with Gasteiger partial charge in [0.15, 0.2) is 0 Å². The van der Waals surface area contributed by atoms with Crippen molar-refractivity contribution in [1.82, 2.24) is 4.57 Å². The average molecular weight is 319 g/mol. The van der Waals surface area contributed by atoms with Crippen LogP contribution in [0.25, 0.3) is 16.6 Å². The fraction of sp³-hybridized carbons (Fsp3) is 0.118. The van der Waals surface area contributed by atoms with Crippen LogP contribution in [0.1, 0.15) is 15.9 Å². The number of esters is 1. The Kier molecular flexibility index (Phi) is 3.60. The number of carbonyl (C=O) groups is 1. The van der Waals surface area contributed by atoms with E-state index in [0.29, 0.717) is 22.2 Å². The van der Waals surface area contributed by atoms with Crippen molar-refractivity contribution in [2.45, 2.75) is 6.18 Å².